The monoisotopic (exact) mass is 209 g/mol. The normalized spacial score (nSPS) is 15.3. The van der Waals surface area contributed by atoms with Crippen molar-refractivity contribution in [2.45, 2.75) is 25.3 Å². The van der Waals surface area contributed by atoms with Gasteiger partial charge in [-0.2, -0.15) is 0 Å². The molecule has 1 saturated carbocycles. The van der Waals surface area contributed by atoms with Crippen LogP contribution in [0.3, 0.4) is 0 Å². The third kappa shape index (κ3) is 2.93. The molecule has 2 nitrogen and oxygen atoms in total. The molecule has 82 valence electrons. The van der Waals surface area contributed by atoms with E-state index >= 15 is 0 Å². The van der Waals surface area contributed by atoms with Gasteiger partial charge in [-0.15, -0.1) is 0 Å². The van der Waals surface area contributed by atoms with Crippen LogP contribution < -0.4 is 10.1 Å². The maximum atomic E-state index is 13.5. The molecule has 1 aromatic rings. The van der Waals surface area contributed by atoms with Gasteiger partial charge in [0.25, 0.3) is 0 Å². The second-order valence-corrected chi connectivity index (χ2v) is 3.94. The largest absolute Gasteiger partial charge is 0.497 e. The highest BCUT2D eigenvalue weighted by atomic mass is 19.1. The molecule has 0 atom stereocenters. The molecule has 0 bridgehead atoms. The van der Waals surface area contributed by atoms with Crippen LogP contribution in [0.4, 0.5) is 4.39 Å². The molecule has 1 aromatic carbocycles. The summed E-state index contributed by atoms with van der Waals surface area (Å²) >= 11 is 0. The maximum absolute atomic E-state index is 13.5. The quantitative estimate of drug-likeness (QED) is 0.802. The zero-order valence-electron chi connectivity index (χ0n) is 8.92. The standard InChI is InChI=1S/C12H16FNO/c1-15-11-5-2-9(12(13)8-11)6-7-14-10-3-4-10/h2,5,8,10,14H,3-4,6-7H2,1H3. The molecule has 1 fully saturated rings. The average molecular weight is 209 g/mol. The fraction of sp³-hybridized carbons (Fsp3) is 0.500. The lowest BCUT2D eigenvalue weighted by molar-refractivity contribution is 0.410. The third-order valence-corrected chi connectivity index (χ3v) is 2.66. The number of ether oxygens (including phenoxy) is 1. The van der Waals surface area contributed by atoms with Crippen molar-refractivity contribution in [1.29, 1.82) is 0 Å². The zero-order chi connectivity index (χ0) is 10.7. The predicted octanol–water partition coefficient (Wildman–Crippen LogP) is 2.13. The molecule has 0 heterocycles. The van der Waals surface area contributed by atoms with Crippen LogP contribution in [0.25, 0.3) is 0 Å². The molecule has 2 rings (SSSR count). The minimum Gasteiger partial charge on any atom is -0.497 e. The van der Waals surface area contributed by atoms with Crippen LogP contribution in [0.2, 0.25) is 0 Å². The van der Waals surface area contributed by atoms with Gasteiger partial charge in [0.1, 0.15) is 11.6 Å². The van der Waals surface area contributed by atoms with Crippen molar-refractivity contribution >= 4 is 0 Å². The summed E-state index contributed by atoms with van der Waals surface area (Å²) in [5.41, 5.74) is 0.754. The molecule has 1 N–H and O–H groups in total. The summed E-state index contributed by atoms with van der Waals surface area (Å²) in [6.07, 6.45) is 3.28. The van der Waals surface area contributed by atoms with E-state index in [1.165, 1.54) is 18.9 Å². The van der Waals surface area contributed by atoms with Gasteiger partial charge < -0.3 is 10.1 Å². The fourth-order valence-corrected chi connectivity index (χ4v) is 1.56. The Bertz CT molecular complexity index is 336. The van der Waals surface area contributed by atoms with Crippen molar-refractivity contribution in [2.24, 2.45) is 0 Å². The van der Waals surface area contributed by atoms with E-state index in [2.05, 4.69) is 5.32 Å². The first-order chi connectivity index (χ1) is 7.29. The lowest BCUT2D eigenvalue weighted by Crippen LogP contribution is -2.19. The number of hydrogen-bond acceptors (Lipinski definition) is 2. The van der Waals surface area contributed by atoms with Crippen LogP contribution >= 0.6 is 0 Å². The Morgan fingerprint density at radius 3 is 2.87 bits per heavy atom. The minimum absolute atomic E-state index is 0.174. The first kappa shape index (κ1) is 10.4. The molecule has 3 heteroatoms. The summed E-state index contributed by atoms with van der Waals surface area (Å²) in [6, 6.07) is 5.72. The van der Waals surface area contributed by atoms with E-state index < -0.39 is 0 Å². The summed E-state index contributed by atoms with van der Waals surface area (Å²) in [5.74, 6) is 0.401. The molecule has 0 radical (unpaired) electrons. The SMILES string of the molecule is COc1ccc(CCNC2CC2)c(F)c1. The van der Waals surface area contributed by atoms with E-state index in [0.29, 0.717) is 11.8 Å². The van der Waals surface area contributed by atoms with Crippen molar-refractivity contribution in [3.8, 4) is 5.75 Å². The van der Waals surface area contributed by atoms with Crippen LogP contribution in [-0.4, -0.2) is 19.7 Å². The molecular formula is C12H16FNO. The number of benzene rings is 1. The predicted molar refractivity (Wildman–Crippen MR) is 57.7 cm³/mol. The van der Waals surface area contributed by atoms with Crippen molar-refractivity contribution in [1.82, 2.24) is 5.32 Å². The summed E-state index contributed by atoms with van der Waals surface area (Å²) in [7, 11) is 1.54. The number of methoxy groups -OCH3 is 1. The lowest BCUT2D eigenvalue weighted by Gasteiger charge is -2.06. The molecule has 1 aliphatic rings. The summed E-state index contributed by atoms with van der Waals surface area (Å²) in [4.78, 5) is 0. The first-order valence-electron chi connectivity index (χ1n) is 5.35. The number of nitrogens with one attached hydrogen (secondary N) is 1. The van der Waals surface area contributed by atoms with Gasteiger partial charge in [-0.1, -0.05) is 6.07 Å². The van der Waals surface area contributed by atoms with E-state index in [1.807, 2.05) is 0 Å². The van der Waals surface area contributed by atoms with Gasteiger partial charge in [0.05, 0.1) is 7.11 Å². The summed E-state index contributed by atoms with van der Waals surface area (Å²) < 4.78 is 18.4. The number of halogens is 1. The van der Waals surface area contributed by atoms with E-state index in [-0.39, 0.29) is 5.82 Å². The summed E-state index contributed by atoms with van der Waals surface area (Å²) in [6.45, 7) is 0.855. The zero-order valence-corrected chi connectivity index (χ0v) is 8.92. The molecule has 0 spiro atoms. The summed E-state index contributed by atoms with van der Waals surface area (Å²) in [5, 5.41) is 3.36. The van der Waals surface area contributed by atoms with Gasteiger partial charge >= 0.3 is 0 Å². The average Bonchev–Trinajstić information content (AvgIpc) is 3.04. The second-order valence-electron chi connectivity index (χ2n) is 3.94. The molecule has 0 unspecified atom stereocenters. The lowest BCUT2D eigenvalue weighted by atomic mass is 10.1. The van der Waals surface area contributed by atoms with Crippen LogP contribution in [0.15, 0.2) is 18.2 Å². The van der Waals surface area contributed by atoms with Crippen LogP contribution in [0.1, 0.15) is 18.4 Å². The van der Waals surface area contributed by atoms with E-state index in [4.69, 9.17) is 4.74 Å². The smallest absolute Gasteiger partial charge is 0.130 e. The Balaban J connectivity index is 1.88. The van der Waals surface area contributed by atoms with Crippen molar-refractivity contribution in [2.75, 3.05) is 13.7 Å². The number of hydrogen-bond donors (Lipinski definition) is 1. The van der Waals surface area contributed by atoms with Gasteiger partial charge in [-0.05, 0) is 37.4 Å². The Kier molecular flexibility index (Phi) is 3.21. The van der Waals surface area contributed by atoms with Gasteiger partial charge in [-0.25, -0.2) is 4.39 Å². The Morgan fingerprint density at radius 2 is 2.27 bits per heavy atom. The van der Waals surface area contributed by atoms with Gasteiger partial charge in [0, 0.05) is 12.1 Å². The molecule has 0 amide bonds. The number of rotatable bonds is 5. The molecule has 0 saturated heterocycles. The van der Waals surface area contributed by atoms with E-state index in [9.17, 15) is 4.39 Å². The van der Waals surface area contributed by atoms with Crippen molar-refractivity contribution < 1.29 is 9.13 Å². The second kappa shape index (κ2) is 4.62. The Labute approximate surface area is 89.4 Å². The highest BCUT2D eigenvalue weighted by Crippen LogP contribution is 2.19. The van der Waals surface area contributed by atoms with Gasteiger partial charge in [-0.3, -0.25) is 0 Å². The molecule has 0 aliphatic heterocycles. The highest BCUT2D eigenvalue weighted by molar-refractivity contribution is 5.29. The van der Waals surface area contributed by atoms with Gasteiger partial charge in [0.2, 0.25) is 0 Å². The Morgan fingerprint density at radius 1 is 1.47 bits per heavy atom. The fourth-order valence-electron chi connectivity index (χ4n) is 1.56. The molecule has 0 aromatic heterocycles. The Hall–Kier alpha value is -1.09. The van der Waals surface area contributed by atoms with Crippen LogP contribution in [0.5, 0.6) is 5.75 Å². The topological polar surface area (TPSA) is 21.3 Å². The third-order valence-electron chi connectivity index (χ3n) is 2.66. The molecule has 15 heavy (non-hydrogen) atoms. The van der Waals surface area contributed by atoms with Crippen LogP contribution in [0, 0.1) is 5.82 Å². The van der Waals surface area contributed by atoms with E-state index in [1.54, 1.807) is 19.2 Å². The van der Waals surface area contributed by atoms with Crippen molar-refractivity contribution in [3.63, 3.8) is 0 Å². The first-order valence-corrected chi connectivity index (χ1v) is 5.35. The minimum atomic E-state index is -0.174. The van der Waals surface area contributed by atoms with Crippen molar-refractivity contribution in [3.05, 3.63) is 29.6 Å². The molecule has 1 aliphatic carbocycles. The van der Waals surface area contributed by atoms with Crippen LogP contribution in [-0.2, 0) is 6.42 Å². The highest BCUT2D eigenvalue weighted by Gasteiger charge is 2.19. The maximum Gasteiger partial charge on any atom is 0.130 e. The van der Waals surface area contributed by atoms with Gasteiger partial charge in [0.15, 0.2) is 0 Å². The molecular weight excluding hydrogens is 193 g/mol. The van der Waals surface area contributed by atoms with E-state index in [0.717, 1.165) is 18.5 Å².